The normalized spacial score (nSPS) is 17.7. The number of nitrogens with zero attached hydrogens (tertiary/aromatic N) is 1. The van der Waals surface area contributed by atoms with Crippen molar-refractivity contribution in [1.29, 1.82) is 0 Å². The van der Waals surface area contributed by atoms with E-state index in [9.17, 15) is 0 Å². The molecule has 2 aromatic rings. The van der Waals surface area contributed by atoms with Crippen LogP contribution in [-0.2, 0) is 6.54 Å². The molecule has 2 unspecified atom stereocenters. The summed E-state index contributed by atoms with van der Waals surface area (Å²) in [5.41, 5.74) is 2.45. The summed E-state index contributed by atoms with van der Waals surface area (Å²) in [5, 5.41) is 6.78. The maximum Gasteiger partial charge on any atom is 0.203 e. The van der Waals surface area contributed by atoms with Crippen LogP contribution < -0.4 is 24.8 Å². The number of aliphatic imine (C=N–C) groups is 1. The molecule has 7 heteroatoms. The zero-order chi connectivity index (χ0) is 19.9. The molecule has 0 aromatic heterocycles. The second-order valence-electron chi connectivity index (χ2n) is 6.85. The Kier molecular flexibility index (Phi) is 8.88. The molecule has 1 saturated carbocycles. The van der Waals surface area contributed by atoms with Crippen molar-refractivity contribution in [3.05, 3.63) is 53.6 Å². The third-order valence-electron chi connectivity index (χ3n) is 5.09. The molecule has 0 bridgehead atoms. The number of ether oxygens (including phenoxy) is 3. The molecule has 2 N–H and O–H groups in total. The van der Waals surface area contributed by atoms with E-state index in [1.165, 1.54) is 12.0 Å². The van der Waals surface area contributed by atoms with Crippen molar-refractivity contribution in [2.45, 2.75) is 18.9 Å². The predicted octanol–water partition coefficient (Wildman–Crippen LogP) is 3.80. The third kappa shape index (κ3) is 5.91. The van der Waals surface area contributed by atoms with Crippen molar-refractivity contribution < 1.29 is 14.2 Å². The second-order valence-corrected chi connectivity index (χ2v) is 6.85. The topological polar surface area (TPSA) is 64.1 Å². The van der Waals surface area contributed by atoms with Crippen LogP contribution in [0.5, 0.6) is 17.2 Å². The highest BCUT2D eigenvalue weighted by Crippen LogP contribution is 2.46. The van der Waals surface area contributed by atoms with Gasteiger partial charge in [-0.15, -0.1) is 24.0 Å². The number of halogens is 1. The van der Waals surface area contributed by atoms with Gasteiger partial charge in [-0.1, -0.05) is 30.3 Å². The molecule has 0 amide bonds. The number of hydrogen-bond donors (Lipinski definition) is 2. The molecule has 0 heterocycles. The van der Waals surface area contributed by atoms with E-state index in [1.807, 2.05) is 12.1 Å². The Labute approximate surface area is 190 Å². The molecule has 0 spiro atoms. The largest absolute Gasteiger partial charge is 0.493 e. The monoisotopic (exact) mass is 511 g/mol. The number of rotatable bonds is 8. The van der Waals surface area contributed by atoms with Gasteiger partial charge in [0, 0.05) is 20.1 Å². The summed E-state index contributed by atoms with van der Waals surface area (Å²) in [4.78, 5) is 4.33. The van der Waals surface area contributed by atoms with Gasteiger partial charge in [0.05, 0.1) is 21.3 Å². The molecule has 6 nitrogen and oxygen atoms in total. The van der Waals surface area contributed by atoms with Crippen molar-refractivity contribution in [2.24, 2.45) is 10.9 Å². The predicted molar refractivity (Wildman–Crippen MR) is 127 cm³/mol. The van der Waals surface area contributed by atoms with Gasteiger partial charge >= 0.3 is 0 Å². The van der Waals surface area contributed by atoms with Crippen molar-refractivity contribution in [1.82, 2.24) is 10.6 Å². The van der Waals surface area contributed by atoms with E-state index in [-0.39, 0.29) is 24.0 Å². The number of benzene rings is 2. The lowest BCUT2D eigenvalue weighted by atomic mass is 10.1. The number of nitrogens with one attached hydrogen (secondary N) is 2. The van der Waals surface area contributed by atoms with E-state index in [2.05, 4.69) is 46.0 Å². The zero-order valence-corrected chi connectivity index (χ0v) is 19.7. The Morgan fingerprint density at radius 1 is 1.00 bits per heavy atom. The van der Waals surface area contributed by atoms with Gasteiger partial charge in [0.25, 0.3) is 0 Å². The molecule has 29 heavy (non-hydrogen) atoms. The van der Waals surface area contributed by atoms with E-state index >= 15 is 0 Å². The summed E-state index contributed by atoms with van der Waals surface area (Å²) in [6.45, 7) is 1.51. The van der Waals surface area contributed by atoms with Crippen molar-refractivity contribution in [3.8, 4) is 17.2 Å². The summed E-state index contributed by atoms with van der Waals surface area (Å²) < 4.78 is 16.2. The lowest BCUT2D eigenvalue weighted by molar-refractivity contribution is 0.323. The van der Waals surface area contributed by atoms with Crippen LogP contribution in [-0.4, -0.2) is 40.9 Å². The molecule has 2 aromatic carbocycles. The molecular weight excluding hydrogens is 481 g/mol. The molecule has 0 radical (unpaired) electrons. The first-order valence-corrected chi connectivity index (χ1v) is 9.48. The van der Waals surface area contributed by atoms with Crippen LogP contribution in [0, 0.1) is 5.92 Å². The van der Waals surface area contributed by atoms with Gasteiger partial charge < -0.3 is 24.8 Å². The van der Waals surface area contributed by atoms with E-state index in [0.717, 1.165) is 18.1 Å². The Morgan fingerprint density at radius 2 is 1.66 bits per heavy atom. The van der Waals surface area contributed by atoms with Crippen LogP contribution in [0.1, 0.15) is 23.5 Å². The molecule has 0 aliphatic heterocycles. The Balaban J connectivity index is 0.00000300. The molecule has 2 atom stereocenters. The van der Waals surface area contributed by atoms with Gasteiger partial charge in [-0.2, -0.15) is 0 Å². The van der Waals surface area contributed by atoms with Gasteiger partial charge in [-0.05, 0) is 41.5 Å². The maximum atomic E-state index is 5.41. The molecular formula is C22H30IN3O3. The first kappa shape index (κ1) is 23.1. The fourth-order valence-electron chi connectivity index (χ4n) is 3.45. The lowest BCUT2D eigenvalue weighted by Gasteiger charge is -2.16. The van der Waals surface area contributed by atoms with Crippen molar-refractivity contribution in [3.63, 3.8) is 0 Å². The maximum absolute atomic E-state index is 5.41. The highest BCUT2D eigenvalue weighted by Gasteiger charge is 2.37. The van der Waals surface area contributed by atoms with E-state index in [4.69, 9.17) is 14.2 Å². The summed E-state index contributed by atoms with van der Waals surface area (Å²) >= 11 is 0. The van der Waals surface area contributed by atoms with Crippen LogP contribution in [0.2, 0.25) is 0 Å². The SMILES string of the molecule is CN=C(NCc1cc(OC)c(OC)c(OC)c1)NCC1CC1c1ccccc1.I. The van der Waals surface area contributed by atoms with Gasteiger partial charge in [-0.25, -0.2) is 0 Å². The van der Waals surface area contributed by atoms with Gasteiger partial charge in [-0.3, -0.25) is 4.99 Å². The smallest absolute Gasteiger partial charge is 0.203 e. The minimum absolute atomic E-state index is 0. The molecule has 158 valence electrons. The van der Waals surface area contributed by atoms with Gasteiger partial charge in [0.15, 0.2) is 17.5 Å². The van der Waals surface area contributed by atoms with Gasteiger partial charge in [0.1, 0.15) is 0 Å². The molecule has 1 aliphatic rings. The van der Waals surface area contributed by atoms with Crippen molar-refractivity contribution in [2.75, 3.05) is 34.9 Å². The van der Waals surface area contributed by atoms with Crippen LogP contribution in [0.3, 0.4) is 0 Å². The highest BCUT2D eigenvalue weighted by molar-refractivity contribution is 14.0. The average Bonchev–Trinajstić information content (AvgIpc) is 3.53. The summed E-state index contributed by atoms with van der Waals surface area (Å²) in [6, 6.07) is 14.6. The molecule has 0 saturated heterocycles. The molecule has 1 aliphatic carbocycles. The average molecular weight is 511 g/mol. The Morgan fingerprint density at radius 3 is 2.21 bits per heavy atom. The number of guanidine groups is 1. The first-order chi connectivity index (χ1) is 13.7. The minimum atomic E-state index is 0. The van der Waals surface area contributed by atoms with Crippen LogP contribution in [0.15, 0.2) is 47.5 Å². The van der Waals surface area contributed by atoms with Crippen LogP contribution in [0.25, 0.3) is 0 Å². The fourth-order valence-corrected chi connectivity index (χ4v) is 3.45. The fraction of sp³-hybridized carbons (Fsp3) is 0.409. The summed E-state index contributed by atoms with van der Waals surface area (Å²) in [6.07, 6.45) is 1.22. The third-order valence-corrected chi connectivity index (χ3v) is 5.09. The second kappa shape index (κ2) is 11.1. The summed E-state index contributed by atoms with van der Waals surface area (Å²) in [7, 11) is 6.62. The summed E-state index contributed by atoms with van der Waals surface area (Å²) in [5.74, 6) is 3.98. The molecule has 3 rings (SSSR count). The number of hydrogen-bond acceptors (Lipinski definition) is 4. The van der Waals surface area contributed by atoms with E-state index < -0.39 is 0 Å². The van der Waals surface area contributed by atoms with Gasteiger partial charge in [0.2, 0.25) is 5.75 Å². The molecule has 1 fully saturated rings. The Bertz CT molecular complexity index is 789. The minimum Gasteiger partial charge on any atom is -0.493 e. The highest BCUT2D eigenvalue weighted by atomic mass is 127. The lowest BCUT2D eigenvalue weighted by Crippen LogP contribution is -2.38. The Hall–Kier alpha value is -2.16. The van der Waals surface area contributed by atoms with Crippen LogP contribution >= 0.6 is 24.0 Å². The van der Waals surface area contributed by atoms with Crippen LogP contribution in [0.4, 0.5) is 0 Å². The number of methoxy groups -OCH3 is 3. The standard InChI is InChI=1S/C22H29N3O3.HI/c1-23-22(25-14-17-12-18(17)16-8-6-5-7-9-16)24-13-15-10-19(26-2)21(28-4)20(11-15)27-3;/h5-11,17-18H,12-14H2,1-4H3,(H2,23,24,25);1H. The van der Waals surface area contributed by atoms with Crippen molar-refractivity contribution >= 4 is 29.9 Å². The zero-order valence-electron chi connectivity index (χ0n) is 17.4. The van der Waals surface area contributed by atoms with E-state index in [1.54, 1.807) is 28.4 Å². The van der Waals surface area contributed by atoms with E-state index in [0.29, 0.717) is 35.6 Å². The quantitative estimate of drug-likeness (QED) is 0.321. The first-order valence-electron chi connectivity index (χ1n) is 9.48.